The van der Waals surface area contributed by atoms with Crippen LogP contribution in [0.25, 0.3) is 69.9 Å². The zero-order valence-electron chi connectivity index (χ0n) is 30.5. The van der Waals surface area contributed by atoms with Crippen LogP contribution in [0.2, 0.25) is 0 Å². The summed E-state index contributed by atoms with van der Waals surface area (Å²) in [6.45, 7) is 0. The molecule has 0 bridgehead atoms. The van der Waals surface area contributed by atoms with Gasteiger partial charge in [-0.25, -0.2) is 0 Å². The molecule has 0 atom stereocenters. The molecule has 55 heavy (non-hydrogen) atoms. The van der Waals surface area contributed by atoms with Crippen LogP contribution in [0.5, 0.6) is 0 Å². The summed E-state index contributed by atoms with van der Waals surface area (Å²) in [5.74, 6) is 0. The molecular weight excluding hydrogens is 685 g/mol. The summed E-state index contributed by atoms with van der Waals surface area (Å²) in [5, 5.41) is 5.20. The van der Waals surface area contributed by atoms with Crippen LogP contribution in [0, 0.1) is 0 Å². The summed E-state index contributed by atoms with van der Waals surface area (Å²) < 4.78 is 5.12. The number of rotatable bonds is 6. The van der Waals surface area contributed by atoms with Gasteiger partial charge in [0.05, 0.1) is 15.7 Å². The number of fused-ring (bicyclic) bond motifs is 8. The lowest BCUT2D eigenvalue weighted by molar-refractivity contribution is 0.687. The van der Waals surface area contributed by atoms with Crippen molar-refractivity contribution in [1.29, 1.82) is 0 Å². The fourth-order valence-electron chi connectivity index (χ4n) is 8.98. The third-order valence-corrected chi connectivity index (χ3v) is 12.8. The second-order valence-electron chi connectivity index (χ2n) is 14.8. The Labute approximate surface area is 325 Å². The molecule has 0 fully saturated rings. The molecule has 2 aromatic heterocycles. The number of hydrogen-bond acceptors (Lipinski definition) is 2. The first-order valence-electron chi connectivity index (χ1n) is 19.4. The van der Waals surface area contributed by atoms with Crippen LogP contribution in [0.1, 0.15) is 24.0 Å². The van der Waals surface area contributed by atoms with Crippen molar-refractivity contribution in [3.8, 4) is 27.9 Å². The minimum absolute atomic E-state index is 1.13. The van der Waals surface area contributed by atoms with Gasteiger partial charge in [0.2, 0.25) is 0 Å². The molecule has 0 spiro atoms. The number of aromatic nitrogens is 1. The molecular formula is C52H38N2S. The number of benzene rings is 8. The number of hydrogen-bond donors (Lipinski definition) is 0. The first kappa shape index (κ1) is 32.0. The van der Waals surface area contributed by atoms with Gasteiger partial charge in [-0.1, -0.05) is 115 Å². The Bertz CT molecular complexity index is 3010. The Balaban J connectivity index is 0.998. The quantitative estimate of drug-likeness (QED) is 0.166. The molecule has 0 N–H and O–H groups in total. The topological polar surface area (TPSA) is 8.17 Å². The van der Waals surface area contributed by atoms with Gasteiger partial charge in [-0.3, -0.25) is 0 Å². The van der Waals surface area contributed by atoms with Gasteiger partial charge in [0.1, 0.15) is 0 Å². The average Bonchev–Trinajstić information content (AvgIpc) is 3.81. The Hall–Kier alpha value is -6.42. The Morgan fingerprint density at radius 2 is 1.11 bits per heavy atom. The highest BCUT2D eigenvalue weighted by atomic mass is 32.1. The summed E-state index contributed by atoms with van der Waals surface area (Å²) in [4.78, 5) is 2.36. The highest BCUT2D eigenvalue weighted by molar-refractivity contribution is 7.26. The van der Waals surface area contributed by atoms with Gasteiger partial charge in [0, 0.05) is 49.0 Å². The van der Waals surface area contributed by atoms with E-state index in [2.05, 4.69) is 191 Å². The van der Waals surface area contributed by atoms with Crippen LogP contribution >= 0.6 is 11.3 Å². The molecule has 0 unspecified atom stereocenters. The van der Waals surface area contributed by atoms with Crippen LogP contribution in [0.4, 0.5) is 17.1 Å². The van der Waals surface area contributed by atoms with Crippen LogP contribution in [-0.4, -0.2) is 4.57 Å². The Morgan fingerprint density at radius 1 is 0.455 bits per heavy atom. The fourth-order valence-corrected chi connectivity index (χ4v) is 10.2. The molecule has 262 valence electrons. The van der Waals surface area contributed by atoms with Crippen molar-refractivity contribution in [2.24, 2.45) is 0 Å². The monoisotopic (exact) mass is 722 g/mol. The van der Waals surface area contributed by atoms with Gasteiger partial charge in [-0.2, -0.15) is 0 Å². The van der Waals surface area contributed by atoms with E-state index in [4.69, 9.17) is 0 Å². The van der Waals surface area contributed by atoms with E-state index in [1.165, 1.54) is 107 Å². The highest BCUT2D eigenvalue weighted by Crippen LogP contribution is 2.44. The maximum atomic E-state index is 2.46. The first-order chi connectivity index (χ1) is 27.3. The van der Waals surface area contributed by atoms with Gasteiger partial charge in [-0.15, -0.1) is 11.3 Å². The van der Waals surface area contributed by atoms with Crippen molar-refractivity contribution < 1.29 is 0 Å². The van der Waals surface area contributed by atoms with E-state index in [0.29, 0.717) is 0 Å². The maximum absolute atomic E-state index is 2.46. The van der Waals surface area contributed by atoms with Gasteiger partial charge in [-0.05, 0) is 126 Å². The lowest BCUT2D eigenvalue weighted by Gasteiger charge is -2.26. The molecule has 10 aromatic rings. The molecule has 1 aliphatic rings. The Morgan fingerprint density at radius 3 is 1.91 bits per heavy atom. The first-order valence-corrected chi connectivity index (χ1v) is 20.2. The van der Waals surface area contributed by atoms with Gasteiger partial charge in [0.15, 0.2) is 0 Å². The van der Waals surface area contributed by atoms with Crippen LogP contribution in [0.15, 0.2) is 182 Å². The van der Waals surface area contributed by atoms with Crippen molar-refractivity contribution >= 4 is 70.4 Å². The molecule has 0 amide bonds. The van der Waals surface area contributed by atoms with Crippen LogP contribution in [0.3, 0.4) is 0 Å². The lowest BCUT2D eigenvalue weighted by Crippen LogP contribution is -2.09. The number of aryl methyl sites for hydroxylation is 1. The zero-order valence-corrected chi connectivity index (χ0v) is 31.3. The smallest absolute Gasteiger partial charge is 0.0719 e. The summed E-state index contributed by atoms with van der Waals surface area (Å²) in [6.07, 6.45) is 4.94. The third-order valence-electron chi connectivity index (χ3n) is 11.6. The van der Waals surface area contributed by atoms with Gasteiger partial charge < -0.3 is 9.47 Å². The van der Waals surface area contributed by atoms with E-state index in [0.717, 1.165) is 17.1 Å². The summed E-state index contributed by atoms with van der Waals surface area (Å²) in [7, 11) is 0. The maximum Gasteiger partial charge on any atom is 0.0719 e. The molecule has 8 aromatic carbocycles. The normalized spacial score (nSPS) is 12.8. The Kier molecular flexibility index (Phi) is 7.67. The van der Waals surface area contributed by atoms with E-state index < -0.39 is 0 Å². The largest absolute Gasteiger partial charge is 0.311 e. The predicted octanol–water partition coefficient (Wildman–Crippen LogP) is 14.8. The molecule has 0 saturated heterocycles. The van der Waals surface area contributed by atoms with E-state index in [1.54, 1.807) is 0 Å². The third kappa shape index (κ3) is 5.38. The minimum Gasteiger partial charge on any atom is -0.311 e. The molecule has 11 rings (SSSR count). The van der Waals surface area contributed by atoms with Crippen molar-refractivity contribution in [2.45, 2.75) is 25.7 Å². The number of para-hydroxylation sites is 2. The highest BCUT2D eigenvalue weighted by Gasteiger charge is 2.20. The molecule has 2 nitrogen and oxygen atoms in total. The predicted molar refractivity (Wildman–Crippen MR) is 236 cm³/mol. The molecule has 0 radical (unpaired) electrons. The van der Waals surface area contributed by atoms with Gasteiger partial charge in [0.25, 0.3) is 0 Å². The average molecular weight is 723 g/mol. The zero-order chi connectivity index (χ0) is 36.3. The van der Waals surface area contributed by atoms with E-state index >= 15 is 0 Å². The molecule has 0 saturated carbocycles. The van der Waals surface area contributed by atoms with Crippen molar-refractivity contribution in [1.82, 2.24) is 4.57 Å². The van der Waals surface area contributed by atoms with Crippen LogP contribution in [-0.2, 0) is 12.8 Å². The van der Waals surface area contributed by atoms with E-state index in [9.17, 15) is 0 Å². The standard InChI is InChI=1S/C52H38N2S/c1-3-14-39(15-4-1)53(42-29-24-37(25-30-42)44-20-11-13-36-12-7-8-18-43(36)44)41-27-22-35(23-28-41)38-26-33-49-48(34-38)46-31-32-47-45-19-9-10-21-50(45)55-52(47)51(46)54(49)40-16-5-2-6-17-40/h1-6,9-11,13-17,19-34H,7-8,12,18H2. The number of nitrogens with zero attached hydrogens (tertiary/aromatic N) is 2. The van der Waals surface area contributed by atoms with Crippen LogP contribution < -0.4 is 4.90 Å². The number of anilines is 3. The lowest BCUT2D eigenvalue weighted by atomic mass is 9.86. The minimum atomic E-state index is 1.13. The van der Waals surface area contributed by atoms with Crippen molar-refractivity contribution in [2.75, 3.05) is 4.90 Å². The molecule has 2 heterocycles. The van der Waals surface area contributed by atoms with E-state index in [-0.39, 0.29) is 0 Å². The second-order valence-corrected chi connectivity index (χ2v) is 15.8. The van der Waals surface area contributed by atoms with Crippen molar-refractivity contribution in [3.05, 3.63) is 193 Å². The molecule has 1 aliphatic carbocycles. The fraction of sp³-hybridized carbons (Fsp3) is 0.0769. The number of thiophene rings is 1. The second kappa shape index (κ2) is 13.2. The SMILES string of the molecule is c1ccc(N(c2ccc(-c3ccc4c(c3)c3ccc5c6ccccc6sc5c3n4-c3ccccc3)cc2)c2ccc(-c3cccc4c3CCCC4)cc2)cc1. The molecule has 0 aliphatic heterocycles. The van der Waals surface area contributed by atoms with Gasteiger partial charge >= 0.3 is 0 Å². The summed E-state index contributed by atoms with van der Waals surface area (Å²) >= 11 is 1.90. The van der Waals surface area contributed by atoms with Crippen molar-refractivity contribution in [3.63, 3.8) is 0 Å². The summed E-state index contributed by atoms with van der Waals surface area (Å²) in [5.41, 5.74) is 15.3. The summed E-state index contributed by atoms with van der Waals surface area (Å²) in [6, 6.07) is 67.1. The molecule has 3 heteroatoms. The van der Waals surface area contributed by atoms with E-state index in [1.807, 2.05) is 11.3 Å².